The lowest BCUT2D eigenvalue weighted by molar-refractivity contribution is -0.155. The Kier molecular flexibility index (Phi) is 7.64. The smallest absolute Gasteiger partial charge is 0.331 e. The molecule has 0 radical (unpaired) electrons. The Hall–Kier alpha value is -4.14. The van der Waals surface area contributed by atoms with Gasteiger partial charge in [-0.1, -0.05) is 38.4 Å². The highest BCUT2D eigenvalue weighted by molar-refractivity contribution is 6.31. The van der Waals surface area contributed by atoms with Gasteiger partial charge in [-0.25, -0.2) is 9.59 Å². The largest absolute Gasteiger partial charge is 0.367 e. The van der Waals surface area contributed by atoms with Gasteiger partial charge in [-0.05, 0) is 60.1 Å². The molecule has 1 aliphatic carbocycles. The van der Waals surface area contributed by atoms with Crippen molar-refractivity contribution in [1.29, 1.82) is 5.26 Å². The molecule has 3 amide bonds. The van der Waals surface area contributed by atoms with Crippen LogP contribution in [0.5, 0.6) is 0 Å². The van der Waals surface area contributed by atoms with Crippen molar-refractivity contribution in [3.8, 4) is 6.07 Å². The number of urea groups is 1. The Bertz CT molecular complexity index is 1750. The van der Waals surface area contributed by atoms with Gasteiger partial charge in [0, 0.05) is 25.3 Å². The highest BCUT2D eigenvalue weighted by atomic mass is 35.5. The van der Waals surface area contributed by atoms with Crippen LogP contribution in [0.1, 0.15) is 44.7 Å². The second-order valence-corrected chi connectivity index (χ2v) is 12.6. The molecule has 11 nitrogen and oxygen atoms in total. The SMILES string of the molecule is CC(C)(C)Cn1c(=O)n(CC2CC2)c(=O)c2cc(NC(=O)N3CCOC(C(N)=O)(c4ccc(C#N)c(Cl)c4)C3)ccc21. The number of rotatable bonds is 6. The third-order valence-electron chi connectivity index (χ3n) is 7.61. The molecule has 42 heavy (non-hydrogen) atoms. The molecular weight excluding hydrogens is 560 g/mol. The van der Waals surface area contributed by atoms with Gasteiger partial charge in [0.05, 0.1) is 34.6 Å². The lowest BCUT2D eigenvalue weighted by atomic mass is 9.90. The summed E-state index contributed by atoms with van der Waals surface area (Å²) in [6, 6.07) is 10.8. The summed E-state index contributed by atoms with van der Waals surface area (Å²) in [4.78, 5) is 54.4. The van der Waals surface area contributed by atoms with Gasteiger partial charge in [-0.3, -0.25) is 18.7 Å². The van der Waals surface area contributed by atoms with Crippen molar-refractivity contribution in [2.75, 3.05) is 25.0 Å². The fraction of sp³-hybridized carbons (Fsp3) is 0.433. The third kappa shape index (κ3) is 5.65. The average molecular weight is 593 g/mol. The van der Waals surface area contributed by atoms with E-state index in [1.165, 1.54) is 27.7 Å². The first-order valence-corrected chi connectivity index (χ1v) is 14.2. The van der Waals surface area contributed by atoms with Gasteiger partial charge in [0.2, 0.25) is 0 Å². The van der Waals surface area contributed by atoms with E-state index in [1.54, 1.807) is 22.8 Å². The van der Waals surface area contributed by atoms with Gasteiger partial charge in [0.25, 0.3) is 11.5 Å². The fourth-order valence-corrected chi connectivity index (χ4v) is 5.49. The zero-order valence-electron chi connectivity index (χ0n) is 23.8. The van der Waals surface area contributed by atoms with Crippen LogP contribution in [0.2, 0.25) is 5.02 Å². The molecule has 0 spiro atoms. The van der Waals surface area contributed by atoms with Crippen molar-refractivity contribution < 1.29 is 14.3 Å². The minimum Gasteiger partial charge on any atom is -0.367 e. The van der Waals surface area contributed by atoms with Crippen LogP contribution < -0.4 is 22.3 Å². The van der Waals surface area contributed by atoms with E-state index in [1.807, 2.05) is 26.8 Å². The molecule has 1 unspecified atom stereocenters. The van der Waals surface area contributed by atoms with Crippen molar-refractivity contribution in [2.24, 2.45) is 17.1 Å². The zero-order valence-corrected chi connectivity index (χ0v) is 24.5. The zero-order chi connectivity index (χ0) is 30.4. The second-order valence-electron chi connectivity index (χ2n) is 12.2. The van der Waals surface area contributed by atoms with Crippen molar-refractivity contribution >= 4 is 40.1 Å². The number of amides is 3. The molecule has 5 rings (SSSR count). The number of nitrogens with two attached hydrogens (primary N) is 1. The third-order valence-corrected chi connectivity index (χ3v) is 7.92. The molecular formula is C30H33ClN6O5. The van der Waals surface area contributed by atoms with Gasteiger partial charge in [-0.15, -0.1) is 0 Å². The average Bonchev–Trinajstić information content (AvgIpc) is 3.77. The minimum absolute atomic E-state index is 0.0245. The number of primary amides is 1. The van der Waals surface area contributed by atoms with Gasteiger partial charge >= 0.3 is 11.7 Å². The molecule has 1 aliphatic heterocycles. The van der Waals surface area contributed by atoms with Crippen molar-refractivity contribution in [1.82, 2.24) is 14.0 Å². The van der Waals surface area contributed by atoms with Gasteiger partial charge < -0.3 is 20.7 Å². The first-order valence-electron chi connectivity index (χ1n) is 13.8. The van der Waals surface area contributed by atoms with Crippen LogP contribution in [0.4, 0.5) is 10.5 Å². The number of halogens is 1. The van der Waals surface area contributed by atoms with Crippen LogP contribution in [0.15, 0.2) is 46.0 Å². The van der Waals surface area contributed by atoms with Crippen LogP contribution in [-0.2, 0) is 28.2 Å². The number of nitrogens with zero attached hydrogens (tertiary/aromatic N) is 4. The number of carbonyl (C=O) groups excluding carboxylic acids is 2. The van der Waals surface area contributed by atoms with E-state index in [0.717, 1.165) is 12.8 Å². The number of ether oxygens (including phenoxy) is 1. The number of nitrogens with one attached hydrogen (secondary N) is 1. The highest BCUT2D eigenvalue weighted by Gasteiger charge is 2.45. The summed E-state index contributed by atoms with van der Waals surface area (Å²) in [5.74, 6) is -0.490. The van der Waals surface area contributed by atoms with E-state index in [4.69, 9.17) is 22.1 Å². The van der Waals surface area contributed by atoms with E-state index in [-0.39, 0.29) is 46.9 Å². The standard InChI is InChI=1S/C30H33ClN6O5/c1-29(2,3)16-37-24-9-8-21(13-22(24)25(38)36(28(37)41)15-18-4-5-18)34-27(40)35-10-11-42-30(17-35,26(33)39)20-7-6-19(14-32)23(31)12-20/h6-9,12-13,18H,4-5,10-11,15-17H2,1-3H3,(H2,33,39)(H,34,40). The van der Waals surface area contributed by atoms with Crippen LogP contribution in [0.25, 0.3) is 10.9 Å². The lowest BCUT2D eigenvalue weighted by Gasteiger charge is -2.40. The lowest BCUT2D eigenvalue weighted by Crippen LogP contribution is -2.58. The quantitative estimate of drug-likeness (QED) is 0.447. The molecule has 2 aliphatic rings. The topological polar surface area (TPSA) is 152 Å². The number of aromatic nitrogens is 2. The first kappa shape index (κ1) is 29.4. The van der Waals surface area contributed by atoms with Crippen molar-refractivity contribution in [3.63, 3.8) is 0 Å². The Morgan fingerprint density at radius 1 is 1.17 bits per heavy atom. The van der Waals surface area contributed by atoms with Crippen LogP contribution in [0.3, 0.4) is 0 Å². The molecule has 2 heterocycles. The number of nitriles is 1. The first-order chi connectivity index (χ1) is 19.8. The molecule has 1 saturated carbocycles. The van der Waals surface area contributed by atoms with Crippen molar-refractivity contribution in [3.05, 3.63) is 73.4 Å². The molecule has 1 saturated heterocycles. The molecule has 1 atom stereocenters. The Morgan fingerprint density at radius 3 is 2.52 bits per heavy atom. The fourth-order valence-electron chi connectivity index (χ4n) is 5.27. The minimum atomic E-state index is -1.67. The summed E-state index contributed by atoms with van der Waals surface area (Å²) >= 11 is 6.21. The monoisotopic (exact) mass is 592 g/mol. The summed E-state index contributed by atoms with van der Waals surface area (Å²) in [6.07, 6.45) is 1.97. The van der Waals surface area contributed by atoms with Crippen LogP contribution in [0, 0.1) is 22.7 Å². The molecule has 2 fully saturated rings. The maximum atomic E-state index is 13.5. The van der Waals surface area contributed by atoms with E-state index in [9.17, 15) is 24.4 Å². The van der Waals surface area contributed by atoms with Crippen LogP contribution >= 0.6 is 11.6 Å². The van der Waals surface area contributed by atoms with E-state index in [2.05, 4.69) is 5.32 Å². The Balaban J connectivity index is 1.46. The molecule has 0 bridgehead atoms. The summed E-state index contributed by atoms with van der Waals surface area (Å²) < 4.78 is 8.79. The molecule has 2 aromatic carbocycles. The number of carbonyl (C=O) groups is 2. The maximum Gasteiger partial charge on any atom is 0.331 e. The Morgan fingerprint density at radius 2 is 1.90 bits per heavy atom. The second kappa shape index (κ2) is 10.9. The molecule has 12 heteroatoms. The summed E-state index contributed by atoms with van der Waals surface area (Å²) in [5, 5.41) is 12.5. The van der Waals surface area contributed by atoms with Crippen molar-refractivity contribution in [2.45, 2.75) is 52.3 Å². The molecule has 1 aromatic heterocycles. The van der Waals surface area contributed by atoms with Gasteiger partial charge in [-0.2, -0.15) is 5.26 Å². The number of hydrogen-bond acceptors (Lipinski definition) is 6. The number of fused-ring (bicyclic) bond motifs is 1. The predicted octanol–water partition coefficient (Wildman–Crippen LogP) is 3.39. The molecule has 220 valence electrons. The predicted molar refractivity (Wildman–Crippen MR) is 158 cm³/mol. The Labute approximate surface area is 247 Å². The number of morpholine rings is 1. The number of benzene rings is 2. The number of hydrogen-bond donors (Lipinski definition) is 2. The molecule has 3 N–H and O–H groups in total. The van der Waals surface area contributed by atoms with Gasteiger partial charge in [0.15, 0.2) is 5.60 Å². The van der Waals surface area contributed by atoms with Gasteiger partial charge in [0.1, 0.15) is 6.07 Å². The summed E-state index contributed by atoms with van der Waals surface area (Å²) in [5.41, 5.74) is 4.59. The summed E-state index contributed by atoms with van der Waals surface area (Å²) in [6.45, 7) is 6.87. The summed E-state index contributed by atoms with van der Waals surface area (Å²) in [7, 11) is 0. The van der Waals surface area contributed by atoms with E-state index >= 15 is 0 Å². The normalized spacial score (nSPS) is 19.0. The van der Waals surface area contributed by atoms with Crippen LogP contribution in [-0.4, -0.2) is 45.7 Å². The highest BCUT2D eigenvalue weighted by Crippen LogP contribution is 2.33. The van der Waals surface area contributed by atoms with E-state index < -0.39 is 17.5 Å². The maximum absolute atomic E-state index is 13.5. The van der Waals surface area contributed by atoms with E-state index in [0.29, 0.717) is 41.2 Å². The number of anilines is 1. The molecule has 3 aromatic rings.